The number of carboxylic acid groups (broad SMARTS) is 1. The summed E-state index contributed by atoms with van der Waals surface area (Å²) >= 11 is 0. The summed E-state index contributed by atoms with van der Waals surface area (Å²) in [5.74, 6) is -1.42. The van der Waals surface area contributed by atoms with Crippen LogP contribution >= 0.6 is 0 Å². The average Bonchev–Trinajstić information content (AvgIpc) is 3.39. The molecule has 2 aromatic rings. The highest BCUT2D eigenvalue weighted by atomic mass is 19.1. The van der Waals surface area contributed by atoms with E-state index in [0.29, 0.717) is 24.3 Å². The van der Waals surface area contributed by atoms with Crippen LogP contribution in [0, 0.1) is 5.82 Å². The first-order valence-electron chi connectivity index (χ1n) is 8.14. The molecule has 6 nitrogen and oxygen atoms in total. The van der Waals surface area contributed by atoms with Gasteiger partial charge >= 0.3 is 5.97 Å². The van der Waals surface area contributed by atoms with Gasteiger partial charge in [-0.3, -0.25) is 4.79 Å². The lowest BCUT2D eigenvalue weighted by Crippen LogP contribution is -2.44. The molecule has 1 aliphatic carbocycles. The Morgan fingerprint density at radius 1 is 1.25 bits per heavy atom. The Kier molecular flexibility index (Phi) is 3.53. The number of nitrogens with zero attached hydrogens (tertiary/aromatic N) is 1. The second-order valence-electron chi connectivity index (χ2n) is 6.41. The van der Waals surface area contributed by atoms with E-state index in [-0.39, 0.29) is 17.0 Å². The Morgan fingerprint density at radius 2 is 1.96 bits per heavy atom. The highest BCUT2D eigenvalue weighted by molar-refractivity contribution is 5.93. The quantitative estimate of drug-likeness (QED) is 0.796. The van der Waals surface area contributed by atoms with Gasteiger partial charge in [-0.05, 0) is 24.8 Å². The fourth-order valence-corrected chi connectivity index (χ4v) is 3.46. The van der Waals surface area contributed by atoms with Gasteiger partial charge in [0.2, 0.25) is 0 Å². The first kappa shape index (κ1) is 15.1. The van der Waals surface area contributed by atoms with Gasteiger partial charge in [0.25, 0.3) is 0 Å². The molecule has 2 heterocycles. The van der Waals surface area contributed by atoms with Crippen molar-refractivity contribution in [2.45, 2.75) is 18.8 Å². The number of aromatic carboxylic acids is 1. The molecule has 1 aliphatic heterocycles. The summed E-state index contributed by atoms with van der Waals surface area (Å²) in [6.07, 6.45) is 1.86. The monoisotopic (exact) mass is 331 g/mol. The van der Waals surface area contributed by atoms with Gasteiger partial charge in [-0.15, -0.1) is 0 Å². The van der Waals surface area contributed by atoms with E-state index in [4.69, 9.17) is 0 Å². The highest BCUT2D eigenvalue weighted by Gasteiger charge is 2.33. The van der Waals surface area contributed by atoms with Crippen LogP contribution < -0.4 is 15.6 Å². The normalized spacial score (nSPS) is 18.1. The molecular weight excluding hydrogens is 313 g/mol. The van der Waals surface area contributed by atoms with E-state index in [1.165, 1.54) is 6.07 Å². The van der Waals surface area contributed by atoms with Gasteiger partial charge in [-0.2, -0.15) is 0 Å². The topological polar surface area (TPSA) is 85.4 Å². The number of aromatic nitrogens is 1. The van der Waals surface area contributed by atoms with Gasteiger partial charge in [0.1, 0.15) is 11.5 Å². The van der Waals surface area contributed by atoms with E-state index >= 15 is 0 Å². The van der Waals surface area contributed by atoms with Crippen molar-refractivity contribution in [3.05, 3.63) is 39.4 Å². The van der Waals surface area contributed by atoms with E-state index in [1.807, 2.05) is 4.90 Å². The molecule has 2 fully saturated rings. The molecule has 24 heavy (non-hydrogen) atoms. The fourth-order valence-electron chi connectivity index (χ4n) is 3.46. The van der Waals surface area contributed by atoms with Gasteiger partial charge in [0, 0.05) is 43.2 Å². The number of H-pyrrole nitrogens is 1. The molecule has 3 N–H and O–H groups in total. The number of benzene rings is 1. The van der Waals surface area contributed by atoms with Crippen molar-refractivity contribution < 1.29 is 14.3 Å². The molecule has 0 radical (unpaired) electrons. The smallest absolute Gasteiger partial charge is 0.352 e. The van der Waals surface area contributed by atoms with Gasteiger partial charge in [-0.1, -0.05) is 0 Å². The van der Waals surface area contributed by atoms with Crippen molar-refractivity contribution in [2.75, 3.05) is 31.1 Å². The first-order chi connectivity index (χ1) is 11.6. The van der Waals surface area contributed by atoms with Gasteiger partial charge < -0.3 is 20.3 Å². The van der Waals surface area contributed by atoms with Crippen LogP contribution in [0.25, 0.3) is 10.9 Å². The highest BCUT2D eigenvalue weighted by Crippen LogP contribution is 2.48. The van der Waals surface area contributed by atoms with Crippen molar-refractivity contribution in [3.63, 3.8) is 0 Å². The van der Waals surface area contributed by atoms with Crippen LogP contribution in [0.2, 0.25) is 0 Å². The lowest BCUT2D eigenvalue weighted by atomic mass is 10.0. The summed E-state index contributed by atoms with van der Waals surface area (Å²) in [5.41, 5.74) is 1.12. The third-order valence-corrected chi connectivity index (χ3v) is 4.74. The van der Waals surface area contributed by atoms with Crippen LogP contribution in [0.3, 0.4) is 0 Å². The molecule has 0 spiro atoms. The lowest BCUT2D eigenvalue weighted by molar-refractivity contribution is 0.0691. The van der Waals surface area contributed by atoms with E-state index in [1.54, 1.807) is 0 Å². The number of hydrogen-bond acceptors (Lipinski definition) is 4. The minimum Gasteiger partial charge on any atom is -0.477 e. The standard InChI is InChI=1S/C17H18FN3O3/c18-11-7-10-13(22)8-12(17(23)24)20-15(10)14(9-1-2-9)16(11)21-5-3-19-4-6-21/h7-9,19H,1-6H2,(H,20,22)(H,23,24). The molecular formula is C17H18FN3O3. The van der Waals surface area contributed by atoms with Crippen LogP contribution in [-0.2, 0) is 0 Å². The Hall–Kier alpha value is -2.41. The average molecular weight is 331 g/mol. The van der Waals surface area contributed by atoms with Crippen molar-refractivity contribution in [3.8, 4) is 0 Å². The zero-order valence-electron chi connectivity index (χ0n) is 13.1. The van der Waals surface area contributed by atoms with E-state index in [9.17, 15) is 19.1 Å². The van der Waals surface area contributed by atoms with E-state index in [2.05, 4.69) is 10.3 Å². The molecule has 1 aromatic carbocycles. The maximum absolute atomic E-state index is 14.9. The second-order valence-corrected chi connectivity index (χ2v) is 6.41. The summed E-state index contributed by atoms with van der Waals surface area (Å²) in [6.45, 7) is 2.91. The molecule has 1 saturated carbocycles. The minimum atomic E-state index is -1.19. The van der Waals surface area contributed by atoms with Gasteiger partial charge in [0.15, 0.2) is 5.43 Å². The molecule has 1 aromatic heterocycles. The van der Waals surface area contributed by atoms with Gasteiger partial charge in [-0.25, -0.2) is 9.18 Å². The number of hydrogen-bond donors (Lipinski definition) is 3. The number of halogens is 1. The predicted molar refractivity (Wildman–Crippen MR) is 88.5 cm³/mol. The van der Waals surface area contributed by atoms with E-state index < -0.39 is 17.2 Å². The first-order valence-corrected chi connectivity index (χ1v) is 8.14. The van der Waals surface area contributed by atoms with Crippen LogP contribution in [-0.4, -0.2) is 42.2 Å². The summed E-state index contributed by atoms with van der Waals surface area (Å²) in [4.78, 5) is 28.4. The molecule has 4 rings (SSSR count). The number of piperazine rings is 1. The molecule has 7 heteroatoms. The van der Waals surface area contributed by atoms with Crippen LogP contribution in [0.4, 0.5) is 10.1 Å². The minimum absolute atomic E-state index is 0.160. The third kappa shape index (κ3) is 2.45. The number of anilines is 1. The van der Waals surface area contributed by atoms with Crippen molar-refractivity contribution in [1.82, 2.24) is 10.3 Å². The molecule has 1 saturated heterocycles. The van der Waals surface area contributed by atoms with Crippen LogP contribution in [0.5, 0.6) is 0 Å². The Bertz CT molecular complexity index is 883. The molecule has 2 aliphatic rings. The zero-order chi connectivity index (χ0) is 16.8. The third-order valence-electron chi connectivity index (χ3n) is 4.74. The number of carboxylic acids is 1. The number of fused-ring (bicyclic) bond motifs is 1. The number of aromatic amines is 1. The van der Waals surface area contributed by atoms with Crippen molar-refractivity contribution in [1.29, 1.82) is 0 Å². The predicted octanol–water partition coefficient (Wildman–Crippen LogP) is 1.65. The summed E-state index contributed by atoms with van der Waals surface area (Å²) in [6, 6.07) is 2.26. The van der Waals surface area contributed by atoms with Crippen molar-refractivity contribution >= 4 is 22.6 Å². The number of pyridine rings is 1. The van der Waals surface area contributed by atoms with Crippen molar-refractivity contribution in [2.24, 2.45) is 0 Å². The lowest BCUT2D eigenvalue weighted by Gasteiger charge is -2.32. The Balaban J connectivity index is 2.01. The summed E-state index contributed by atoms with van der Waals surface area (Å²) < 4.78 is 14.9. The van der Waals surface area contributed by atoms with Crippen LogP contribution in [0.15, 0.2) is 16.9 Å². The van der Waals surface area contributed by atoms with E-state index in [0.717, 1.165) is 37.6 Å². The maximum Gasteiger partial charge on any atom is 0.352 e. The summed E-state index contributed by atoms with van der Waals surface area (Å²) in [5, 5.41) is 12.7. The molecule has 0 amide bonds. The Labute approximate surface area is 137 Å². The van der Waals surface area contributed by atoms with Crippen LogP contribution in [0.1, 0.15) is 34.8 Å². The fraction of sp³-hybridized carbons (Fsp3) is 0.412. The number of nitrogens with one attached hydrogen (secondary N) is 2. The number of carbonyl (C=O) groups is 1. The molecule has 0 atom stereocenters. The largest absolute Gasteiger partial charge is 0.477 e. The molecule has 0 unspecified atom stereocenters. The second kappa shape index (κ2) is 5.59. The zero-order valence-corrected chi connectivity index (χ0v) is 13.1. The molecule has 0 bridgehead atoms. The molecule has 126 valence electrons. The Morgan fingerprint density at radius 3 is 2.58 bits per heavy atom. The van der Waals surface area contributed by atoms with Gasteiger partial charge in [0.05, 0.1) is 11.2 Å². The number of rotatable bonds is 3. The SMILES string of the molecule is O=C(O)c1cc(=O)c2cc(F)c(N3CCNCC3)c(C3CC3)c2[nH]1. The maximum atomic E-state index is 14.9. The summed E-state index contributed by atoms with van der Waals surface area (Å²) in [7, 11) is 0.